The lowest BCUT2D eigenvalue weighted by Crippen LogP contribution is -2.12. The van der Waals surface area contributed by atoms with E-state index in [1.807, 2.05) is 0 Å². The van der Waals surface area contributed by atoms with E-state index in [0.717, 1.165) is 28.4 Å². The number of hydrogen-bond donors (Lipinski definition) is 1. The molecule has 4 rings (SSSR count). The molecule has 0 aliphatic carbocycles. The number of nitrogens with one attached hydrogen (secondary N) is 1. The summed E-state index contributed by atoms with van der Waals surface area (Å²) in [5.74, 6) is 0. The first kappa shape index (κ1) is 19.8. The lowest BCUT2D eigenvalue weighted by molar-refractivity contribution is 1.25. The average molecular weight is 393 g/mol. The molecule has 1 N–H and O–H groups in total. The maximum absolute atomic E-state index is 3.63. The summed E-state index contributed by atoms with van der Waals surface area (Å²) in [6, 6.07) is 32.5. The van der Waals surface area contributed by atoms with Gasteiger partial charge in [-0.3, -0.25) is 0 Å². The van der Waals surface area contributed by atoms with E-state index in [0.29, 0.717) is 0 Å². The summed E-state index contributed by atoms with van der Waals surface area (Å²) < 4.78 is 0. The molecule has 0 fully saturated rings. The van der Waals surface area contributed by atoms with Crippen LogP contribution in [-0.2, 0) is 0 Å². The van der Waals surface area contributed by atoms with Crippen LogP contribution in [0.4, 0.5) is 28.4 Å². The van der Waals surface area contributed by atoms with Gasteiger partial charge >= 0.3 is 0 Å². The van der Waals surface area contributed by atoms with Crippen LogP contribution in [0.5, 0.6) is 0 Å². The molecule has 0 spiro atoms. The van der Waals surface area contributed by atoms with Crippen LogP contribution >= 0.6 is 0 Å². The van der Waals surface area contributed by atoms with E-state index >= 15 is 0 Å². The Kier molecular flexibility index (Phi) is 5.58. The first-order valence-electron chi connectivity index (χ1n) is 10.4. The Morgan fingerprint density at radius 1 is 0.500 bits per heavy atom. The summed E-state index contributed by atoms with van der Waals surface area (Å²) in [6.07, 6.45) is 0. The van der Waals surface area contributed by atoms with Gasteiger partial charge in [0.1, 0.15) is 0 Å². The summed E-state index contributed by atoms with van der Waals surface area (Å²) >= 11 is 0. The van der Waals surface area contributed by atoms with Crippen molar-refractivity contribution in [1.29, 1.82) is 0 Å². The predicted octanol–water partition coefficient (Wildman–Crippen LogP) is 8.13. The molecular weight excluding hydrogens is 364 g/mol. The quantitative estimate of drug-likeness (QED) is 0.369. The van der Waals surface area contributed by atoms with Gasteiger partial charge in [-0.15, -0.1) is 0 Å². The number of aryl methyl sites for hydroxylation is 4. The summed E-state index contributed by atoms with van der Waals surface area (Å²) in [5.41, 5.74) is 10.6. The van der Waals surface area contributed by atoms with E-state index in [-0.39, 0.29) is 0 Å². The molecule has 0 bridgehead atoms. The van der Waals surface area contributed by atoms with Crippen LogP contribution in [0.1, 0.15) is 22.3 Å². The molecule has 0 radical (unpaired) electrons. The van der Waals surface area contributed by atoms with E-state index in [9.17, 15) is 0 Å². The van der Waals surface area contributed by atoms with Crippen molar-refractivity contribution in [2.75, 3.05) is 10.2 Å². The summed E-state index contributed by atoms with van der Waals surface area (Å²) in [6.45, 7) is 8.49. The number of nitrogens with zero attached hydrogens (tertiary/aromatic N) is 1. The summed E-state index contributed by atoms with van der Waals surface area (Å²) in [5, 5.41) is 3.63. The molecule has 0 saturated carbocycles. The van der Waals surface area contributed by atoms with Crippen molar-refractivity contribution in [3.05, 3.63) is 113 Å². The molecule has 150 valence electrons. The zero-order valence-electron chi connectivity index (χ0n) is 18.1. The molecule has 0 heterocycles. The predicted molar refractivity (Wildman–Crippen MR) is 130 cm³/mol. The molecule has 0 saturated heterocycles. The van der Waals surface area contributed by atoms with Gasteiger partial charge < -0.3 is 10.2 Å². The molecule has 2 nitrogen and oxygen atoms in total. The highest BCUT2D eigenvalue weighted by atomic mass is 15.2. The Morgan fingerprint density at radius 3 is 1.43 bits per heavy atom. The lowest BCUT2D eigenvalue weighted by atomic mass is 10.1. The second kappa shape index (κ2) is 8.46. The van der Waals surface area contributed by atoms with E-state index in [1.165, 1.54) is 22.3 Å². The highest BCUT2D eigenvalue weighted by molar-refractivity contribution is 5.86. The molecule has 4 aromatic rings. The van der Waals surface area contributed by atoms with Crippen LogP contribution in [0, 0.1) is 27.7 Å². The highest BCUT2D eigenvalue weighted by Gasteiger charge is 2.16. The fourth-order valence-corrected chi connectivity index (χ4v) is 3.54. The number of benzene rings is 4. The molecule has 0 aliphatic heterocycles. The van der Waals surface area contributed by atoms with Gasteiger partial charge in [0.25, 0.3) is 0 Å². The Morgan fingerprint density at radius 2 is 0.933 bits per heavy atom. The standard InChI is InChI=1S/C28H28N2/c1-20-5-12-24(13-6-20)29-27-18-11-23(4)19-28(27)30(25-14-7-21(2)8-15-25)26-16-9-22(3)10-17-26/h5-19,29H,1-4H3. The van der Waals surface area contributed by atoms with Crippen molar-refractivity contribution in [2.24, 2.45) is 0 Å². The van der Waals surface area contributed by atoms with Crippen molar-refractivity contribution < 1.29 is 0 Å². The molecule has 0 unspecified atom stereocenters. The van der Waals surface area contributed by atoms with Crippen molar-refractivity contribution in [1.82, 2.24) is 0 Å². The molecule has 0 aromatic heterocycles. The maximum Gasteiger partial charge on any atom is 0.0699 e. The van der Waals surface area contributed by atoms with E-state index in [4.69, 9.17) is 0 Å². The van der Waals surface area contributed by atoms with Gasteiger partial charge in [0, 0.05) is 17.1 Å². The summed E-state index contributed by atoms with van der Waals surface area (Å²) in [7, 11) is 0. The van der Waals surface area contributed by atoms with E-state index in [2.05, 4.69) is 129 Å². The fourth-order valence-electron chi connectivity index (χ4n) is 3.54. The summed E-state index contributed by atoms with van der Waals surface area (Å²) in [4.78, 5) is 2.32. The Bertz CT molecular complexity index is 1080. The highest BCUT2D eigenvalue weighted by Crippen LogP contribution is 2.40. The third kappa shape index (κ3) is 4.38. The topological polar surface area (TPSA) is 15.3 Å². The normalized spacial score (nSPS) is 10.7. The monoisotopic (exact) mass is 392 g/mol. The molecular formula is C28H28N2. The Labute approximate surface area is 179 Å². The van der Waals surface area contributed by atoms with Gasteiger partial charge in [0.2, 0.25) is 0 Å². The zero-order valence-corrected chi connectivity index (χ0v) is 18.1. The number of hydrogen-bond acceptors (Lipinski definition) is 2. The number of rotatable bonds is 5. The number of anilines is 5. The van der Waals surface area contributed by atoms with Crippen LogP contribution < -0.4 is 10.2 Å². The SMILES string of the molecule is Cc1ccc(Nc2ccc(C)cc2N(c2ccc(C)cc2)c2ccc(C)cc2)cc1. The van der Waals surface area contributed by atoms with Crippen LogP contribution in [-0.4, -0.2) is 0 Å². The van der Waals surface area contributed by atoms with Crippen LogP contribution in [0.15, 0.2) is 91.0 Å². The average Bonchev–Trinajstić information content (AvgIpc) is 2.74. The molecule has 2 heteroatoms. The van der Waals surface area contributed by atoms with Crippen molar-refractivity contribution in [3.8, 4) is 0 Å². The largest absolute Gasteiger partial charge is 0.354 e. The van der Waals surface area contributed by atoms with Gasteiger partial charge in [-0.25, -0.2) is 0 Å². The van der Waals surface area contributed by atoms with Gasteiger partial charge in [0.05, 0.1) is 11.4 Å². The minimum absolute atomic E-state index is 1.07. The molecule has 0 atom stereocenters. The molecule has 30 heavy (non-hydrogen) atoms. The molecule has 0 aliphatic rings. The first-order valence-corrected chi connectivity index (χ1v) is 10.4. The van der Waals surface area contributed by atoms with Crippen LogP contribution in [0.3, 0.4) is 0 Å². The smallest absolute Gasteiger partial charge is 0.0699 e. The van der Waals surface area contributed by atoms with Gasteiger partial charge in [-0.1, -0.05) is 59.2 Å². The maximum atomic E-state index is 3.63. The van der Waals surface area contributed by atoms with Crippen molar-refractivity contribution >= 4 is 28.4 Å². The van der Waals surface area contributed by atoms with Crippen LogP contribution in [0.25, 0.3) is 0 Å². The van der Waals surface area contributed by atoms with Gasteiger partial charge in [0.15, 0.2) is 0 Å². The van der Waals surface area contributed by atoms with E-state index < -0.39 is 0 Å². The molecule has 4 aromatic carbocycles. The second-order valence-electron chi connectivity index (χ2n) is 8.02. The van der Waals surface area contributed by atoms with E-state index in [1.54, 1.807) is 0 Å². The minimum Gasteiger partial charge on any atom is -0.354 e. The molecule has 0 amide bonds. The Balaban J connectivity index is 1.85. The Hall–Kier alpha value is -3.52. The van der Waals surface area contributed by atoms with Crippen LogP contribution in [0.2, 0.25) is 0 Å². The third-order valence-corrected chi connectivity index (χ3v) is 5.31. The van der Waals surface area contributed by atoms with Gasteiger partial charge in [-0.2, -0.15) is 0 Å². The second-order valence-corrected chi connectivity index (χ2v) is 8.02. The minimum atomic E-state index is 1.07. The third-order valence-electron chi connectivity index (χ3n) is 5.31. The fraction of sp³-hybridized carbons (Fsp3) is 0.143. The zero-order chi connectivity index (χ0) is 21.1. The van der Waals surface area contributed by atoms with Crippen molar-refractivity contribution in [2.45, 2.75) is 27.7 Å². The lowest BCUT2D eigenvalue weighted by Gasteiger charge is -2.28. The first-order chi connectivity index (χ1) is 14.5. The van der Waals surface area contributed by atoms with Crippen molar-refractivity contribution in [3.63, 3.8) is 0 Å². The van der Waals surface area contributed by atoms with Gasteiger partial charge in [-0.05, 0) is 81.8 Å².